The third kappa shape index (κ3) is 2.95. The molecule has 0 radical (unpaired) electrons. The van der Waals surface area contributed by atoms with E-state index in [-0.39, 0.29) is 11.6 Å². The lowest BCUT2D eigenvalue weighted by Gasteiger charge is -1.97. The molecular formula is C11H9BrN3O3+. The number of carbonyl (C=O) groups is 1. The first-order chi connectivity index (χ1) is 8.66. The zero-order valence-electron chi connectivity index (χ0n) is 9.09. The van der Waals surface area contributed by atoms with E-state index < -0.39 is 5.97 Å². The fraction of sp³-hybridized carbons (Fsp3) is 0. The van der Waals surface area contributed by atoms with Gasteiger partial charge in [-0.15, -0.1) is 0 Å². The lowest BCUT2D eigenvalue weighted by atomic mass is 10.2. The van der Waals surface area contributed by atoms with Crippen molar-refractivity contribution in [2.45, 2.75) is 0 Å². The number of pyridine rings is 1. The van der Waals surface area contributed by atoms with E-state index in [0.29, 0.717) is 10.2 Å². The molecule has 2 heterocycles. The number of rotatable bonds is 3. The number of nitrogens with zero attached hydrogens (tertiary/aromatic N) is 1. The van der Waals surface area contributed by atoms with Gasteiger partial charge in [-0.2, -0.15) is 0 Å². The Bertz CT molecular complexity index is 580. The molecule has 0 aliphatic carbocycles. The summed E-state index contributed by atoms with van der Waals surface area (Å²) in [5, 5.41) is 3.54. The van der Waals surface area contributed by atoms with Crippen molar-refractivity contribution in [1.29, 1.82) is 0 Å². The van der Waals surface area contributed by atoms with Crippen LogP contribution < -0.4 is 10.7 Å². The van der Waals surface area contributed by atoms with E-state index in [4.69, 9.17) is 10.2 Å². The number of nitrogens with one attached hydrogen (secondary N) is 1. The highest BCUT2D eigenvalue weighted by molar-refractivity contribution is 9.10. The molecule has 0 spiro atoms. The number of oxime groups is 1. The zero-order chi connectivity index (χ0) is 13.0. The molecule has 0 fully saturated rings. The van der Waals surface area contributed by atoms with Crippen molar-refractivity contribution in [2.24, 2.45) is 10.9 Å². The maximum absolute atomic E-state index is 11.5. The molecule has 2 rings (SSSR count). The number of aromatic nitrogens is 1. The molecule has 0 amide bonds. The summed E-state index contributed by atoms with van der Waals surface area (Å²) in [4.78, 5) is 19.0. The number of carbonyl (C=O) groups excluding carboxylic acids is 1. The van der Waals surface area contributed by atoms with E-state index in [1.807, 2.05) is 0 Å². The Morgan fingerprint density at radius 2 is 2.06 bits per heavy atom. The quantitative estimate of drug-likeness (QED) is 0.401. The minimum absolute atomic E-state index is 0.0415. The summed E-state index contributed by atoms with van der Waals surface area (Å²) in [7, 11) is 0. The third-order valence-electron chi connectivity index (χ3n) is 2.02. The number of hydrogen-bond acceptors (Lipinski definition) is 4. The topological polar surface area (TPSA) is 92.0 Å². The van der Waals surface area contributed by atoms with Crippen molar-refractivity contribution < 1.29 is 19.0 Å². The largest absolute Gasteiger partial charge is 0.442 e. The Morgan fingerprint density at radius 1 is 1.33 bits per heavy atom. The van der Waals surface area contributed by atoms with Crippen molar-refractivity contribution in [3.05, 3.63) is 52.7 Å². The van der Waals surface area contributed by atoms with E-state index in [1.165, 1.54) is 6.07 Å². The molecule has 0 saturated heterocycles. The Morgan fingerprint density at radius 3 is 2.67 bits per heavy atom. The zero-order valence-corrected chi connectivity index (χ0v) is 10.7. The molecule has 6 nitrogen and oxygen atoms in total. The first kappa shape index (κ1) is 12.3. The Kier molecular flexibility index (Phi) is 3.73. The van der Waals surface area contributed by atoms with Crippen molar-refractivity contribution in [3.8, 4) is 0 Å². The van der Waals surface area contributed by atoms with Crippen LogP contribution >= 0.6 is 15.9 Å². The summed E-state index contributed by atoms with van der Waals surface area (Å²) in [6, 6.07) is 6.46. The second kappa shape index (κ2) is 5.46. The number of amidine groups is 1. The van der Waals surface area contributed by atoms with E-state index in [9.17, 15) is 4.79 Å². The Hall–Kier alpha value is -2.15. The van der Waals surface area contributed by atoms with Crippen molar-refractivity contribution in [2.75, 3.05) is 0 Å². The van der Waals surface area contributed by atoms with Crippen molar-refractivity contribution >= 4 is 27.7 Å². The lowest BCUT2D eigenvalue weighted by Crippen LogP contribution is -2.16. The van der Waals surface area contributed by atoms with Gasteiger partial charge in [0, 0.05) is 17.7 Å². The number of hydrogen-bond donors (Lipinski definition) is 1. The minimum Gasteiger partial charge on any atom is -0.442 e. The highest BCUT2D eigenvalue weighted by atomic mass is 79.9. The summed E-state index contributed by atoms with van der Waals surface area (Å²) < 4.78 is 5.45. The summed E-state index contributed by atoms with van der Waals surface area (Å²) in [6.07, 6.45) is 3.37. The smallest absolute Gasteiger partial charge is 0.400 e. The molecule has 0 aliphatic heterocycles. The number of furan rings is 1. The molecule has 0 unspecified atom stereocenters. The van der Waals surface area contributed by atoms with Crippen molar-refractivity contribution in [1.82, 2.24) is 0 Å². The molecule has 0 saturated carbocycles. The van der Waals surface area contributed by atoms with Crippen LogP contribution in [0.3, 0.4) is 0 Å². The first-order valence-corrected chi connectivity index (χ1v) is 5.73. The number of H-pyrrole nitrogens is 1. The van der Waals surface area contributed by atoms with Crippen LogP contribution in [0.5, 0.6) is 0 Å². The molecular weight excluding hydrogens is 302 g/mol. The van der Waals surface area contributed by atoms with Gasteiger partial charge in [-0.3, -0.25) is 0 Å². The van der Waals surface area contributed by atoms with Crippen LogP contribution in [0.15, 0.2) is 50.9 Å². The molecule has 0 aliphatic rings. The van der Waals surface area contributed by atoms with Gasteiger partial charge in [0.15, 0.2) is 22.9 Å². The monoisotopic (exact) mass is 310 g/mol. The maximum atomic E-state index is 11.5. The molecule has 3 N–H and O–H groups in total. The molecule has 2 aromatic rings. The second-order valence-electron chi connectivity index (χ2n) is 3.25. The van der Waals surface area contributed by atoms with E-state index in [1.54, 1.807) is 30.6 Å². The summed E-state index contributed by atoms with van der Waals surface area (Å²) in [6.45, 7) is 0. The molecule has 7 heteroatoms. The standard InChI is InChI=1S/C11H8BrN3O3/c12-9-2-1-8(17-9)11(16)18-15-10(13)7-3-5-14-6-4-7/h1-6H,(H2,13,15)/p+1. The van der Waals surface area contributed by atoms with Gasteiger partial charge in [0.25, 0.3) is 0 Å². The van der Waals surface area contributed by atoms with Crippen LogP contribution in [-0.4, -0.2) is 11.8 Å². The Balaban J connectivity index is 2.05. The molecule has 18 heavy (non-hydrogen) atoms. The number of nitrogens with two attached hydrogens (primary N) is 1. The van der Waals surface area contributed by atoms with E-state index >= 15 is 0 Å². The van der Waals surface area contributed by atoms with Crippen LogP contribution in [0.2, 0.25) is 0 Å². The van der Waals surface area contributed by atoms with E-state index in [0.717, 1.165) is 0 Å². The average molecular weight is 311 g/mol. The molecule has 0 atom stereocenters. The van der Waals surface area contributed by atoms with Gasteiger partial charge in [-0.05, 0) is 28.1 Å². The fourth-order valence-electron chi connectivity index (χ4n) is 1.17. The van der Waals surface area contributed by atoms with Crippen LogP contribution in [0.1, 0.15) is 16.1 Å². The molecule has 92 valence electrons. The second-order valence-corrected chi connectivity index (χ2v) is 4.03. The van der Waals surface area contributed by atoms with Crippen LogP contribution in [0, 0.1) is 0 Å². The van der Waals surface area contributed by atoms with Crippen LogP contribution in [-0.2, 0) is 4.84 Å². The predicted octanol–water partition coefficient (Wildman–Crippen LogP) is 1.33. The van der Waals surface area contributed by atoms with E-state index in [2.05, 4.69) is 30.9 Å². The third-order valence-corrected chi connectivity index (χ3v) is 2.44. The van der Waals surface area contributed by atoms with Gasteiger partial charge in [-0.1, -0.05) is 5.16 Å². The highest BCUT2D eigenvalue weighted by Crippen LogP contribution is 2.14. The SMILES string of the molecule is NC(=NOC(=O)c1ccc(Br)o1)c1cc[nH+]cc1. The van der Waals surface area contributed by atoms with Gasteiger partial charge in [0.1, 0.15) is 0 Å². The molecule has 0 aromatic carbocycles. The first-order valence-electron chi connectivity index (χ1n) is 4.93. The summed E-state index contributed by atoms with van der Waals surface area (Å²) in [5.74, 6) is -0.575. The fourth-order valence-corrected chi connectivity index (χ4v) is 1.48. The van der Waals surface area contributed by atoms with Gasteiger partial charge >= 0.3 is 5.97 Å². The lowest BCUT2D eigenvalue weighted by molar-refractivity contribution is -0.378. The average Bonchev–Trinajstić information content (AvgIpc) is 2.83. The predicted molar refractivity (Wildman–Crippen MR) is 65.5 cm³/mol. The minimum atomic E-state index is -0.717. The molecule has 2 aromatic heterocycles. The Labute approximate surface area is 111 Å². The summed E-state index contributed by atoms with van der Waals surface area (Å²) >= 11 is 3.08. The maximum Gasteiger partial charge on any atom is 0.400 e. The number of aromatic amines is 1. The van der Waals surface area contributed by atoms with Crippen LogP contribution in [0.25, 0.3) is 0 Å². The van der Waals surface area contributed by atoms with Gasteiger partial charge in [0.2, 0.25) is 5.76 Å². The van der Waals surface area contributed by atoms with Gasteiger partial charge in [0.05, 0.1) is 0 Å². The summed E-state index contributed by atoms with van der Waals surface area (Å²) in [5.41, 5.74) is 6.29. The van der Waals surface area contributed by atoms with Gasteiger partial charge in [-0.25, -0.2) is 9.78 Å². The highest BCUT2D eigenvalue weighted by Gasteiger charge is 2.12. The van der Waals surface area contributed by atoms with Crippen molar-refractivity contribution in [3.63, 3.8) is 0 Å². The van der Waals surface area contributed by atoms with Gasteiger partial charge < -0.3 is 15.0 Å². The molecule has 0 bridgehead atoms. The normalized spacial score (nSPS) is 11.3. The van der Waals surface area contributed by atoms with Crippen LogP contribution in [0.4, 0.5) is 0 Å². The number of halogens is 1.